The van der Waals surface area contributed by atoms with Gasteiger partial charge in [-0.05, 0) is 12.1 Å². The molecule has 2 aromatic rings. The molecule has 2 heterocycles. The molecule has 0 aliphatic rings. The molecule has 0 radical (unpaired) electrons. The Hall–Kier alpha value is -2.28. The van der Waals surface area contributed by atoms with Crippen LogP contribution >= 0.6 is 11.3 Å². The Balaban J connectivity index is 1.82. The lowest BCUT2D eigenvalue weighted by Gasteiger charge is -2.04. The Morgan fingerprint density at radius 2 is 2.24 bits per heavy atom. The van der Waals surface area contributed by atoms with Crippen LogP contribution in [0.3, 0.4) is 0 Å². The van der Waals surface area contributed by atoms with Gasteiger partial charge in [-0.25, -0.2) is 4.98 Å². The summed E-state index contributed by atoms with van der Waals surface area (Å²) in [7, 11) is 0. The molecule has 0 spiro atoms. The second kappa shape index (κ2) is 7.49. The van der Waals surface area contributed by atoms with Crippen molar-refractivity contribution < 1.29 is 14.3 Å². The Morgan fingerprint density at radius 1 is 1.38 bits per heavy atom. The number of carbonyl (C=O) groups excluding carboxylic acids is 2. The van der Waals surface area contributed by atoms with Gasteiger partial charge in [0, 0.05) is 18.5 Å². The summed E-state index contributed by atoms with van der Waals surface area (Å²) in [5.74, 6) is -0.510. The number of esters is 1. The van der Waals surface area contributed by atoms with Gasteiger partial charge in [0.15, 0.2) is 0 Å². The third-order valence-electron chi connectivity index (χ3n) is 2.51. The number of ether oxygens (including phenoxy) is 1. The highest BCUT2D eigenvalue weighted by Crippen LogP contribution is 2.21. The number of carbonyl (C=O) groups is 2. The fourth-order valence-corrected chi connectivity index (χ4v) is 2.40. The van der Waals surface area contributed by atoms with Crippen LogP contribution in [0.5, 0.6) is 0 Å². The maximum atomic E-state index is 11.7. The van der Waals surface area contributed by atoms with Gasteiger partial charge in [0.2, 0.25) is 5.91 Å². The molecule has 0 fully saturated rings. The third kappa shape index (κ3) is 4.96. The van der Waals surface area contributed by atoms with Crippen molar-refractivity contribution >= 4 is 23.2 Å². The predicted octanol–water partition coefficient (Wildman–Crippen LogP) is 1.43. The number of aromatic nitrogens is 2. The molecule has 21 heavy (non-hydrogen) atoms. The van der Waals surface area contributed by atoms with Gasteiger partial charge in [-0.3, -0.25) is 14.6 Å². The molecule has 2 rings (SSSR count). The van der Waals surface area contributed by atoms with Crippen LogP contribution in [0.2, 0.25) is 0 Å². The van der Waals surface area contributed by atoms with Gasteiger partial charge < -0.3 is 10.1 Å². The van der Waals surface area contributed by atoms with E-state index in [1.54, 1.807) is 6.20 Å². The van der Waals surface area contributed by atoms with Gasteiger partial charge in [-0.1, -0.05) is 6.07 Å². The van der Waals surface area contributed by atoms with Crippen LogP contribution in [0.4, 0.5) is 0 Å². The second-order valence-electron chi connectivity index (χ2n) is 4.23. The van der Waals surface area contributed by atoms with Gasteiger partial charge in [-0.15, -0.1) is 11.3 Å². The van der Waals surface area contributed by atoms with Crippen LogP contribution in [0.25, 0.3) is 10.7 Å². The number of rotatable bonds is 6. The maximum Gasteiger partial charge on any atom is 0.302 e. The predicted molar refractivity (Wildman–Crippen MR) is 78.7 cm³/mol. The van der Waals surface area contributed by atoms with Crippen LogP contribution in [0.1, 0.15) is 12.6 Å². The lowest BCUT2D eigenvalue weighted by atomic mass is 10.3. The topological polar surface area (TPSA) is 81.2 Å². The summed E-state index contributed by atoms with van der Waals surface area (Å²) in [6, 6.07) is 5.61. The molecule has 0 aliphatic heterocycles. The SMILES string of the molecule is CC(=O)OCCNC(=O)Cc1csc(-c2ccccn2)n1. The average molecular weight is 305 g/mol. The first kappa shape index (κ1) is 15.1. The van der Waals surface area contributed by atoms with Crippen LogP contribution < -0.4 is 5.32 Å². The van der Waals surface area contributed by atoms with E-state index in [0.717, 1.165) is 10.7 Å². The molecule has 0 unspecified atom stereocenters. The number of nitrogens with one attached hydrogen (secondary N) is 1. The van der Waals surface area contributed by atoms with Crippen LogP contribution in [-0.4, -0.2) is 35.0 Å². The Kier molecular flexibility index (Phi) is 5.39. The molecule has 0 saturated carbocycles. The summed E-state index contributed by atoms with van der Waals surface area (Å²) < 4.78 is 4.73. The van der Waals surface area contributed by atoms with Gasteiger partial charge in [0.1, 0.15) is 11.6 Å². The monoisotopic (exact) mass is 305 g/mol. The van der Waals surface area contributed by atoms with Crippen molar-refractivity contribution in [3.05, 3.63) is 35.5 Å². The third-order valence-corrected chi connectivity index (χ3v) is 3.42. The Bertz CT molecular complexity index is 613. The first-order valence-electron chi connectivity index (χ1n) is 6.41. The van der Waals surface area contributed by atoms with Crippen LogP contribution in [0, 0.1) is 0 Å². The van der Waals surface area contributed by atoms with Crippen LogP contribution in [-0.2, 0) is 20.7 Å². The van der Waals surface area contributed by atoms with Crippen molar-refractivity contribution in [2.75, 3.05) is 13.2 Å². The number of pyridine rings is 1. The van der Waals surface area contributed by atoms with E-state index in [2.05, 4.69) is 15.3 Å². The molecule has 1 amide bonds. The summed E-state index contributed by atoms with van der Waals surface area (Å²) in [5, 5.41) is 5.30. The van der Waals surface area contributed by atoms with E-state index in [4.69, 9.17) is 4.74 Å². The summed E-state index contributed by atoms with van der Waals surface area (Å²) in [6.45, 7) is 1.81. The standard InChI is InChI=1S/C14H15N3O3S/c1-10(18)20-7-6-16-13(19)8-11-9-21-14(17-11)12-4-2-3-5-15-12/h2-5,9H,6-8H2,1H3,(H,16,19). The van der Waals surface area contributed by atoms with Crippen molar-refractivity contribution in [1.29, 1.82) is 0 Å². The zero-order chi connectivity index (χ0) is 15.1. The first-order chi connectivity index (χ1) is 10.1. The summed E-state index contributed by atoms with van der Waals surface area (Å²) in [5.41, 5.74) is 1.50. The van der Waals surface area contributed by atoms with Gasteiger partial charge in [-0.2, -0.15) is 0 Å². The molecule has 0 saturated heterocycles. The average Bonchev–Trinajstić information content (AvgIpc) is 2.93. The first-order valence-corrected chi connectivity index (χ1v) is 7.29. The molecule has 7 heteroatoms. The normalized spacial score (nSPS) is 10.1. The molecule has 0 aliphatic carbocycles. The van der Waals surface area contributed by atoms with E-state index in [1.165, 1.54) is 18.3 Å². The second-order valence-corrected chi connectivity index (χ2v) is 5.08. The molecule has 110 valence electrons. The van der Waals surface area contributed by atoms with E-state index < -0.39 is 0 Å². The number of hydrogen-bond acceptors (Lipinski definition) is 6. The zero-order valence-corrected chi connectivity index (χ0v) is 12.4. The van der Waals surface area contributed by atoms with Crippen LogP contribution in [0.15, 0.2) is 29.8 Å². The molecule has 6 nitrogen and oxygen atoms in total. The minimum atomic E-state index is -0.358. The largest absolute Gasteiger partial charge is 0.464 e. The lowest BCUT2D eigenvalue weighted by molar-refractivity contribution is -0.141. The number of amides is 1. The zero-order valence-electron chi connectivity index (χ0n) is 11.5. The maximum absolute atomic E-state index is 11.7. The van der Waals surface area contributed by atoms with Crippen molar-refractivity contribution in [2.24, 2.45) is 0 Å². The highest BCUT2D eigenvalue weighted by atomic mass is 32.1. The smallest absolute Gasteiger partial charge is 0.302 e. The van der Waals surface area contributed by atoms with E-state index in [9.17, 15) is 9.59 Å². The van der Waals surface area contributed by atoms with Crippen molar-refractivity contribution in [3.63, 3.8) is 0 Å². The van der Waals surface area contributed by atoms with Crippen molar-refractivity contribution in [1.82, 2.24) is 15.3 Å². The molecule has 0 atom stereocenters. The number of nitrogens with zero attached hydrogens (tertiary/aromatic N) is 2. The highest BCUT2D eigenvalue weighted by molar-refractivity contribution is 7.13. The van der Waals surface area contributed by atoms with E-state index in [0.29, 0.717) is 12.2 Å². The fraction of sp³-hybridized carbons (Fsp3) is 0.286. The fourth-order valence-electron chi connectivity index (χ4n) is 1.61. The minimum Gasteiger partial charge on any atom is -0.464 e. The van der Waals surface area contributed by atoms with Gasteiger partial charge in [0.25, 0.3) is 0 Å². The quantitative estimate of drug-likeness (QED) is 0.645. The van der Waals surface area contributed by atoms with E-state index >= 15 is 0 Å². The minimum absolute atomic E-state index is 0.153. The van der Waals surface area contributed by atoms with Crippen molar-refractivity contribution in [2.45, 2.75) is 13.3 Å². The van der Waals surface area contributed by atoms with Crippen molar-refractivity contribution in [3.8, 4) is 10.7 Å². The Morgan fingerprint density at radius 3 is 2.95 bits per heavy atom. The lowest BCUT2D eigenvalue weighted by Crippen LogP contribution is -2.29. The Labute approximate surface area is 126 Å². The summed E-state index contributed by atoms with van der Waals surface area (Å²) in [4.78, 5) is 30.9. The molecule has 1 N–H and O–H groups in total. The summed E-state index contributed by atoms with van der Waals surface area (Å²) in [6.07, 6.45) is 1.90. The molecular weight excluding hydrogens is 290 g/mol. The van der Waals surface area contributed by atoms with Gasteiger partial charge >= 0.3 is 5.97 Å². The number of hydrogen-bond donors (Lipinski definition) is 1. The molecular formula is C14H15N3O3S. The highest BCUT2D eigenvalue weighted by Gasteiger charge is 2.09. The molecule has 2 aromatic heterocycles. The van der Waals surface area contributed by atoms with E-state index in [-0.39, 0.29) is 24.9 Å². The van der Waals surface area contributed by atoms with Gasteiger partial charge in [0.05, 0.1) is 24.4 Å². The number of thiazole rings is 1. The van der Waals surface area contributed by atoms with E-state index in [1.807, 2.05) is 23.6 Å². The molecule has 0 aromatic carbocycles. The molecule has 0 bridgehead atoms. The summed E-state index contributed by atoms with van der Waals surface area (Å²) >= 11 is 1.45.